The number of ether oxygens (including phenoxy) is 1. The fourth-order valence-corrected chi connectivity index (χ4v) is 4.01. The van der Waals surface area contributed by atoms with E-state index in [9.17, 15) is 4.79 Å². The van der Waals surface area contributed by atoms with Crippen molar-refractivity contribution in [3.63, 3.8) is 0 Å². The molecule has 166 valence electrons. The lowest BCUT2D eigenvalue weighted by atomic mass is 10.0. The second-order valence-corrected chi connectivity index (χ2v) is 9.71. The van der Waals surface area contributed by atoms with Crippen molar-refractivity contribution in [3.05, 3.63) is 42.0 Å². The Kier molecular flexibility index (Phi) is 4.78. The summed E-state index contributed by atoms with van der Waals surface area (Å²) in [5, 5.41) is 3.71. The van der Waals surface area contributed by atoms with Crippen molar-refractivity contribution in [2.24, 2.45) is 0 Å². The Balaban J connectivity index is 1.48. The van der Waals surface area contributed by atoms with Crippen LogP contribution in [-0.4, -0.2) is 51.7 Å². The molecule has 1 spiro atoms. The minimum Gasteiger partial charge on any atom is -0.383 e. The average molecular weight is 433 g/mol. The zero-order chi connectivity index (χ0) is 22.5. The van der Waals surface area contributed by atoms with E-state index >= 15 is 0 Å². The number of hydrogen-bond acceptors (Lipinski definition) is 7. The number of morpholine rings is 1. The lowest BCUT2D eigenvalue weighted by Gasteiger charge is -2.33. The molecular weight excluding hydrogens is 404 g/mol. The van der Waals surface area contributed by atoms with Crippen molar-refractivity contribution < 1.29 is 9.53 Å². The third kappa shape index (κ3) is 4.10. The van der Waals surface area contributed by atoms with Crippen LogP contribution in [0.5, 0.6) is 0 Å². The molecule has 1 aromatic carbocycles. The highest BCUT2D eigenvalue weighted by molar-refractivity contribution is 5.96. The van der Waals surface area contributed by atoms with Crippen LogP contribution in [0.4, 0.5) is 11.8 Å². The van der Waals surface area contributed by atoms with Crippen LogP contribution in [0.15, 0.2) is 36.4 Å². The van der Waals surface area contributed by atoms with Gasteiger partial charge in [-0.2, -0.15) is 9.97 Å². The molecule has 1 saturated carbocycles. The lowest BCUT2D eigenvalue weighted by Crippen LogP contribution is -2.44. The van der Waals surface area contributed by atoms with Crippen LogP contribution in [0, 0.1) is 0 Å². The molecule has 32 heavy (non-hydrogen) atoms. The van der Waals surface area contributed by atoms with Gasteiger partial charge in [0.1, 0.15) is 5.82 Å². The van der Waals surface area contributed by atoms with Gasteiger partial charge in [0, 0.05) is 29.8 Å². The van der Waals surface area contributed by atoms with E-state index in [4.69, 9.17) is 20.4 Å². The van der Waals surface area contributed by atoms with Gasteiger partial charge in [0.05, 0.1) is 23.3 Å². The third-order valence-electron chi connectivity index (χ3n) is 5.83. The number of fused-ring (bicyclic) bond motifs is 1. The van der Waals surface area contributed by atoms with Crippen LogP contribution in [0.25, 0.3) is 22.3 Å². The van der Waals surface area contributed by atoms with E-state index in [1.807, 2.05) is 51.1 Å². The number of nitrogens with two attached hydrogens (primary N) is 1. The molecule has 3 aromatic rings. The number of aromatic nitrogens is 3. The second-order valence-electron chi connectivity index (χ2n) is 9.71. The fraction of sp³-hybridized carbons (Fsp3) is 0.417. The molecule has 2 fully saturated rings. The maximum atomic E-state index is 12.6. The van der Waals surface area contributed by atoms with E-state index in [1.54, 1.807) is 6.07 Å². The first kappa shape index (κ1) is 20.6. The molecule has 1 aliphatic heterocycles. The molecule has 8 heteroatoms. The van der Waals surface area contributed by atoms with Crippen molar-refractivity contribution >= 4 is 28.7 Å². The highest BCUT2D eigenvalue weighted by Gasteiger charge is 2.48. The number of hydrogen-bond donors (Lipinski definition) is 2. The van der Waals surface area contributed by atoms with Crippen molar-refractivity contribution in [1.82, 2.24) is 20.3 Å². The Bertz CT molecular complexity index is 1200. The molecule has 0 unspecified atom stereocenters. The fourth-order valence-electron chi connectivity index (χ4n) is 4.01. The number of carbonyl (C=O) groups is 1. The first-order valence-corrected chi connectivity index (χ1v) is 11.0. The Morgan fingerprint density at radius 3 is 2.72 bits per heavy atom. The van der Waals surface area contributed by atoms with Gasteiger partial charge < -0.3 is 20.7 Å². The van der Waals surface area contributed by atoms with Gasteiger partial charge in [-0.15, -0.1) is 0 Å². The number of nitrogens with one attached hydrogen (secondary N) is 1. The van der Waals surface area contributed by atoms with Gasteiger partial charge in [-0.1, -0.05) is 12.1 Å². The van der Waals surface area contributed by atoms with Crippen LogP contribution >= 0.6 is 0 Å². The van der Waals surface area contributed by atoms with Gasteiger partial charge in [-0.3, -0.25) is 4.79 Å². The zero-order valence-corrected chi connectivity index (χ0v) is 18.7. The zero-order valence-electron chi connectivity index (χ0n) is 18.7. The van der Waals surface area contributed by atoms with Crippen LogP contribution in [0.3, 0.4) is 0 Å². The summed E-state index contributed by atoms with van der Waals surface area (Å²) in [7, 11) is 0. The number of nitrogens with zero attached hydrogens (tertiary/aromatic N) is 4. The lowest BCUT2D eigenvalue weighted by molar-refractivity contribution is 0.0201. The number of benzene rings is 1. The molecule has 3 heterocycles. The number of carbonyl (C=O) groups excluding carboxylic acids is 1. The number of nitrogen functional groups attached to an aromatic ring is 1. The van der Waals surface area contributed by atoms with E-state index < -0.39 is 0 Å². The van der Waals surface area contributed by atoms with E-state index in [0.717, 1.165) is 37.2 Å². The molecule has 1 aliphatic carbocycles. The molecule has 2 aromatic heterocycles. The molecule has 8 nitrogen and oxygen atoms in total. The molecule has 5 rings (SSSR count). The van der Waals surface area contributed by atoms with E-state index in [2.05, 4.69) is 15.2 Å². The summed E-state index contributed by atoms with van der Waals surface area (Å²) in [6.45, 7) is 8.06. The maximum Gasteiger partial charge on any atom is 0.251 e. The van der Waals surface area contributed by atoms with Gasteiger partial charge >= 0.3 is 0 Å². The largest absolute Gasteiger partial charge is 0.383 e. The molecule has 0 bridgehead atoms. The standard InChI is InChI=1S/C24H28N6O2/c1-23(2,3)29-21(31)16-6-4-5-15(13-16)18-8-7-17-19(25)27-22(28-20(17)26-18)30-11-12-32-24(14-30)9-10-24/h4-8,13H,9-12,14H2,1-3H3,(H,29,31)(H2,25,26,27,28). The van der Waals surface area contributed by atoms with Crippen molar-refractivity contribution in [3.8, 4) is 11.3 Å². The van der Waals surface area contributed by atoms with Gasteiger partial charge in [-0.25, -0.2) is 4.98 Å². The summed E-state index contributed by atoms with van der Waals surface area (Å²) in [4.78, 5) is 28.8. The molecular formula is C24H28N6O2. The molecule has 1 saturated heterocycles. The van der Waals surface area contributed by atoms with E-state index in [1.165, 1.54) is 0 Å². The molecule has 0 atom stereocenters. The summed E-state index contributed by atoms with van der Waals surface area (Å²) in [6, 6.07) is 11.2. The highest BCUT2D eigenvalue weighted by Crippen LogP contribution is 2.42. The van der Waals surface area contributed by atoms with Crippen molar-refractivity contribution in [2.75, 3.05) is 30.3 Å². The summed E-state index contributed by atoms with van der Waals surface area (Å²) < 4.78 is 5.91. The minimum absolute atomic E-state index is 0.0331. The number of pyridine rings is 1. The van der Waals surface area contributed by atoms with Crippen molar-refractivity contribution in [2.45, 2.75) is 44.8 Å². The molecule has 1 amide bonds. The first-order chi connectivity index (χ1) is 15.2. The highest BCUT2D eigenvalue weighted by atomic mass is 16.5. The van der Waals surface area contributed by atoms with Crippen LogP contribution in [0.1, 0.15) is 44.0 Å². The van der Waals surface area contributed by atoms with Crippen LogP contribution in [0.2, 0.25) is 0 Å². The van der Waals surface area contributed by atoms with E-state index in [-0.39, 0.29) is 17.0 Å². The average Bonchev–Trinajstić information content (AvgIpc) is 3.50. The Morgan fingerprint density at radius 2 is 1.97 bits per heavy atom. The van der Waals surface area contributed by atoms with Gasteiger partial charge in [0.25, 0.3) is 5.91 Å². The van der Waals surface area contributed by atoms with Crippen LogP contribution in [-0.2, 0) is 4.74 Å². The predicted molar refractivity (Wildman–Crippen MR) is 125 cm³/mol. The third-order valence-corrected chi connectivity index (χ3v) is 5.83. The molecule has 0 radical (unpaired) electrons. The molecule has 2 aliphatic rings. The number of amides is 1. The normalized spacial score (nSPS) is 17.5. The monoisotopic (exact) mass is 432 g/mol. The summed E-state index contributed by atoms with van der Waals surface area (Å²) >= 11 is 0. The minimum atomic E-state index is -0.308. The summed E-state index contributed by atoms with van der Waals surface area (Å²) in [5.74, 6) is 0.890. The smallest absolute Gasteiger partial charge is 0.251 e. The summed E-state index contributed by atoms with van der Waals surface area (Å²) in [6.07, 6.45) is 2.15. The SMILES string of the molecule is CC(C)(C)NC(=O)c1cccc(-c2ccc3c(N)nc(N4CCOC5(CC5)C4)nc3n2)c1. The van der Waals surface area contributed by atoms with Gasteiger partial charge in [0.2, 0.25) is 5.95 Å². The van der Waals surface area contributed by atoms with Gasteiger partial charge in [0.15, 0.2) is 5.65 Å². The number of rotatable bonds is 3. The van der Waals surface area contributed by atoms with Crippen molar-refractivity contribution in [1.29, 1.82) is 0 Å². The quantitative estimate of drug-likeness (QED) is 0.655. The summed E-state index contributed by atoms with van der Waals surface area (Å²) in [5.41, 5.74) is 8.62. The first-order valence-electron chi connectivity index (χ1n) is 11.0. The Hall–Kier alpha value is -3.26. The molecule has 3 N–H and O–H groups in total. The topological polar surface area (TPSA) is 106 Å². The Labute approximate surface area is 187 Å². The van der Waals surface area contributed by atoms with E-state index in [0.29, 0.717) is 35.0 Å². The van der Waals surface area contributed by atoms with Crippen LogP contribution < -0.4 is 16.0 Å². The van der Waals surface area contributed by atoms with Gasteiger partial charge in [-0.05, 0) is 57.9 Å². The maximum absolute atomic E-state index is 12.6. The second kappa shape index (κ2) is 7.41. The predicted octanol–water partition coefficient (Wildman–Crippen LogP) is 3.17. The number of anilines is 2. The Morgan fingerprint density at radius 1 is 1.16 bits per heavy atom.